The van der Waals surface area contributed by atoms with Crippen LogP contribution in [0.1, 0.15) is 18.0 Å². The van der Waals surface area contributed by atoms with Crippen LogP contribution in [0.15, 0.2) is 47.5 Å². The number of halogens is 1. The van der Waals surface area contributed by atoms with Crippen LogP contribution in [0, 0.1) is 5.92 Å². The molecule has 0 amide bonds. The minimum Gasteiger partial charge on any atom is -0.316 e. The van der Waals surface area contributed by atoms with Crippen LogP contribution in [0.25, 0.3) is 22.2 Å². The van der Waals surface area contributed by atoms with Crippen molar-refractivity contribution in [3.05, 3.63) is 58.8 Å². The van der Waals surface area contributed by atoms with E-state index in [1.807, 2.05) is 22.8 Å². The number of nitrogens with one attached hydrogen (secondary N) is 1. The van der Waals surface area contributed by atoms with Crippen molar-refractivity contribution in [1.82, 2.24) is 19.9 Å². The Morgan fingerprint density at radius 2 is 2.04 bits per heavy atom. The van der Waals surface area contributed by atoms with E-state index in [-0.39, 0.29) is 18.0 Å². The summed E-state index contributed by atoms with van der Waals surface area (Å²) in [6, 6.07) is 9.71. The van der Waals surface area contributed by atoms with Gasteiger partial charge >= 0.3 is 0 Å². The molecule has 3 aromatic rings. The van der Waals surface area contributed by atoms with Crippen LogP contribution < -0.4 is 10.9 Å². The van der Waals surface area contributed by atoms with Crippen molar-refractivity contribution in [3.63, 3.8) is 0 Å². The number of fused-ring (bicyclic) bond motifs is 5. The molecule has 2 aliphatic rings. The summed E-state index contributed by atoms with van der Waals surface area (Å²) in [6.07, 6.45) is 4.71. The molecule has 0 radical (unpaired) electrons. The lowest BCUT2D eigenvalue weighted by molar-refractivity contribution is 0.257. The maximum atomic E-state index is 12.7. The molecule has 1 fully saturated rings. The minimum atomic E-state index is 0. The molecular weight excluding hydrogens is 336 g/mol. The maximum Gasteiger partial charge on any atom is 0.251 e. The lowest BCUT2D eigenvalue weighted by Crippen LogP contribution is -2.44. The highest BCUT2D eigenvalue weighted by atomic mass is 35.5. The van der Waals surface area contributed by atoms with Gasteiger partial charge in [-0.15, -0.1) is 12.4 Å². The molecule has 0 saturated carbocycles. The minimum absolute atomic E-state index is 0. The van der Waals surface area contributed by atoms with E-state index in [9.17, 15) is 4.79 Å². The number of nitrogens with zero attached hydrogens (tertiary/aromatic N) is 3. The Morgan fingerprint density at radius 1 is 1.12 bits per heavy atom. The van der Waals surface area contributed by atoms with Gasteiger partial charge in [-0.05, 0) is 43.1 Å². The van der Waals surface area contributed by atoms with Gasteiger partial charge in [-0.3, -0.25) is 14.8 Å². The monoisotopic (exact) mass is 354 g/mol. The molecule has 5 rings (SSSR count). The third-order valence-corrected chi connectivity index (χ3v) is 5.26. The molecule has 0 aromatic carbocycles. The SMILES string of the molecule is Cl.O=c1cc(-c2nccc3ncccc23)cc2n1C[C@@H]1CNC[C@H]2C1. The summed E-state index contributed by atoms with van der Waals surface area (Å²) < 4.78 is 1.96. The smallest absolute Gasteiger partial charge is 0.251 e. The van der Waals surface area contributed by atoms with Crippen molar-refractivity contribution in [3.8, 4) is 11.3 Å². The first kappa shape index (κ1) is 16.2. The molecule has 1 saturated heterocycles. The molecule has 0 spiro atoms. The molecule has 5 nitrogen and oxygen atoms in total. The van der Waals surface area contributed by atoms with Crippen molar-refractivity contribution in [2.24, 2.45) is 5.92 Å². The average Bonchev–Trinajstić information content (AvgIpc) is 2.62. The van der Waals surface area contributed by atoms with Gasteiger partial charge in [-0.1, -0.05) is 0 Å². The largest absolute Gasteiger partial charge is 0.316 e. The van der Waals surface area contributed by atoms with Crippen molar-refractivity contribution < 1.29 is 0 Å². The third-order valence-electron chi connectivity index (χ3n) is 5.26. The van der Waals surface area contributed by atoms with Crippen LogP contribution in [0.4, 0.5) is 0 Å². The molecule has 0 unspecified atom stereocenters. The summed E-state index contributed by atoms with van der Waals surface area (Å²) in [5, 5.41) is 4.48. The second-order valence-electron chi connectivity index (χ2n) is 6.80. The number of rotatable bonds is 1. The zero-order valence-electron chi connectivity index (χ0n) is 13.7. The van der Waals surface area contributed by atoms with Gasteiger partial charge in [0.25, 0.3) is 5.56 Å². The van der Waals surface area contributed by atoms with Crippen molar-refractivity contribution in [1.29, 1.82) is 0 Å². The number of hydrogen-bond acceptors (Lipinski definition) is 4. The van der Waals surface area contributed by atoms with Crippen LogP contribution >= 0.6 is 12.4 Å². The van der Waals surface area contributed by atoms with E-state index in [4.69, 9.17) is 0 Å². The lowest BCUT2D eigenvalue weighted by Gasteiger charge is -2.37. The molecular formula is C19H19ClN4O. The Hall–Kier alpha value is -2.24. The molecule has 2 aliphatic heterocycles. The van der Waals surface area contributed by atoms with Gasteiger partial charge in [-0.2, -0.15) is 0 Å². The summed E-state index contributed by atoms with van der Waals surface area (Å²) in [7, 11) is 0. The Morgan fingerprint density at radius 3 is 2.96 bits per heavy atom. The Labute approximate surface area is 151 Å². The summed E-state index contributed by atoms with van der Waals surface area (Å²) in [5.41, 5.74) is 3.87. The first-order chi connectivity index (χ1) is 11.8. The number of pyridine rings is 3. The van der Waals surface area contributed by atoms with E-state index in [1.165, 1.54) is 6.42 Å². The summed E-state index contributed by atoms with van der Waals surface area (Å²) in [5.74, 6) is 0.984. The van der Waals surface area contributed by atoms with Crippen LogP contribution in [0.3, 0.4) is 0 Å². The molecule has 6 heteroatoms. The van der Waals surface area contributed by atoms with Crippen molar-refractivity contribution >= 4 is 23.3 Å². The van der Waals surface area contributed by atoms with Gasteiger partial charge in [0.15, 0.2) is 0 Å². The van der Waals surface area contributed by atoms with Crippen LogP contribution in [0.2, 0.25) is 0 Å². The number of piperidine rings is 1. The Bertz CT molecular complexity index is 995. The van der Waals surface area contributed by atoms with E-state index in [0.717, 1.165) is 47.5 Å². The number of aromatic nitrogens is 3. The van der Waals surface area contributed by atoms with Gasteiger partial charge < -0.3 is 9.88 Å². The summed E-state index contributed by atoms with van der Waals surface area (Å²) >= 11 is 0. The Balaban J connectivity index is 0.00000157. The molecule has 0 aliphatic carbocycles. The van der Waals surface area contributed by atoms with E-state index in [2.05, 4.69) is 21.4 Å². The highest BCUT2D eigenvalue weighted by Crippen LogP contribution is 2.34. The van der Waals surface area contributed by atoms with Gasteiger partial charge in [-0.25, -0.2) is 0 Å². The van der Waals surface area contributed by atoms with E-state index >= 15 is 0 Å². The first-order valence-electron chi connectivity index (χ1n) is 8.45. The summed E-state index contributed by atoms with van der Waals surface area (Å²) in [4.78, 5) is 21.7. The first-order valence-corrected chi connectivity index (χ1v) is 8.45. The Kier molecular flexibility index (Phi) is 4.06. The fourth-order valence-electron chi connectivity index (χ4n) is 4.17. The topological polar surface area (TPSA) is 59.8 Å². The fourth-order valence-corrected chi connectivity index (χ4v) is 4.17. The van der Waals surface area contributed by atoms with Gasteiger partial charge in [0.1, 0.15) is 0 Å². The predicted molar refractivity (Wildman–Crippen MR) is 100 cm³/mol. The summed E-state index contributed by atoms with van der Waals surface area (Å²) in [6.45, 7) is 2.78. The molecule has 2 atom stereocenters. The molecule has 3 aromatic heterocycles. The number of hydrogen-bond donors (Lipinski definition) is 1. The molecule has 128 valence electrons. The fraction of sp³-hybridized carbons (Fsp3) is 0.316. The normalized spacial score (nSPS) is 21.4. The van der Waals surface area contributed by atoms with E-state index in [0.29, 0.717) is 11.8 Å². The molecule has 5 heterocycles. The highest BCUT2D eigenvalue weighted by molar-refractivity contribution is 5.91. The quantitative estimate of drug-likeness (QED) is 0.729. The van der Waals surface area contributed by atoms with Gasteiger partial charge in [0.2, 0.25) is 0 Å². The zero-order chi connectivity index (χ0) is 16.1. The molecule has 2 bridgehead atoms. The van der Waals surface area contributed by atoms with Crippen molar-refractivity contribution in [2.75, 3.05) is 13.1 Å². The van der Waals surface area contributed by atoms with Crippen LogP contribution in [-0.4, -0.2) is 27.6 Å². The van der Waals surface area contributed by atoms with Gasteiger partial charge in [0.05, 0.1) is 11.2 Å². The van der Waals surface area contributed by atoms with Crippen LogP contribution in [0.5, 0.6) is 0 Å². The van der Waals surface area contributed by atoms with Crippen LogP contribution in [-0.2, 0) is 6.54 Å². The highest BCUT2D eigenvalue weighted by Gasteiger charge is 2.31. The zero-order valence-corrected chi connectivity index (χ0v) is 14.5. The maximum absolute atomic E-state index is 12.7. The predicted octanol–water partition coefficient (Wildman–Crippen LogP) is 2.59. The van der Waals surface area contributed by atoms with Crippen molar-refractivity contribution in [2.45, 2.75) is 18.9 Å². The molecule has 1 N–H and O–H groups in total. The lowest BCUT2D eigenvalue weighted by atomic mass is 9.83. The second kappa shape index (κ2) is 6.24. The standard InChI is InChI=1S/C19H18N4O.ClH/c24-18-8-13(19-15-2-1-4-21-16(15)3-5-22-19)7-17-14-6-12(9-20-10-14)11-23(17)18;/h1-5,7-8,12,14,20H,6,9-11H2;1H/t12-,14+;/m0./s1. The second-order valence-corrected chi connectivity index (χ2v) is 6.80. The third kappa shape index (κ3) is 2.64. The average molecular weight is 355 g/mol. The van der Waals surface area contributed by atoms with Gasteiger partial charge in [0, 0.05) is 54.1 Å². The van der Waals surface area contributed by atoms with E-state index < -0.39 is 0 Å². The molecule has 25 heavy (non-hydrogen) atoms. The van der Waals surface area contributed by atoms with E-state index in [1.54, 1.807) is 18.5 Å².